The first-order valence-electron chi connectivity index (χ1n) is 9.14. The number of aromatic nitrogens is 2. The second-order valence-electron chi connectivity index (χ2n) is 6.98. The molecule has 8 nitrogen and oxygen atoms in total. The normalized spacial score (nSPS) is 14.9. The molecule has 2 aromatic carbocycles. The van der Waals surface area contributed by atoms with Crippen LogP contribution in [-0.4, -0.2) is 33.8 Å². The number of anilines is 1. The van der Waals surface area contributed by atoms with Gasteiger partial charge in [-0.05, 0) is 43.2 Å². The van der Waals surface area contributed by atoms with Crippen molar-refractivity contribution in [1.82, 2.24) is 9.97 Å². The van der Waals surface area contributed by atoms with Gasteiger partial charge in [-0.15, -0.1) is 0 Å². The van der Waals surface area contributed by atoms with E-state index in [-0.39, 0.29) is 22.8 Å². The molecule has 0 atom stereocenters. The summed E-state index contributed by atoms with van der Waals surface area (Å²) in [6.07, 6.45) is 2.44. The molecule has 3 aromatic rings. The van der Waals surface area contributed by atoms with E-state index >= 15 is 0 Å². The van der Waals surface area contributed by atoms with Gasteiger partial charge in [-0.1, -0.05) is 11.6 Å². The Hall–Kier alpha value is -3.26. The Labute approximate surface area is 170 Å². The first-order chi connectivity index (χ1) is 13.9. The molecule has 1 aliphatic heterocycles. The summed E-state index contributed by atoms with van der Waals surface area (Å²) in [4.78, 5) is 44.2. The molecule has 0 saturated carbocycles. The SMILES string of the molecule is O=C(c1ccc(Cl)cc1)C1CCN(c2cc3nc[nH]c(=O)c3cc2[N+](=O)[O-])CC1. The van der Waals surface area contributed by atoms with Crippen LogP contribution in [0.3, 0.4) is 0 Å². The number of rotatable bonds is 4. The van der Waals surface area contributed by atoms with Crippen LogP contribution in [0.15, 0.2) is 47.5 Å². The summed E-state index contributed by atoms with van der Waals surface area (Å²) in [6.45, 7) is 0.999. The molecule has 1 aromatic heterocycles. The molecule has 0 bridgehead atoms. The Morgan fingerprint density at radius 3 is 2.55 bits per heavy atom. The summed E-state index contributed by atoms with van der Waals surface area (Å²) in [7, 11) is 0. The molecule has 4 rings (SSSR count). The quantitative estimate of drug-likeness (QED) is 0.398. The van der Waals surface area contributed by atoms with E-state index in [2.05, 4.69) is 9.97 Å². The lowest BCUT2D eigenvalue weighted by Gasteiger charge is -2.32. The number of benzene rings is 2. The fraction of sp³-hybridized carbons (Fsp3) is 0.250. The minimum Gasteiger partial charge on any atom is -0.366 e. The number of nitro groups is 1. The van der Waals surface area contributed by atoms with E-state index in [0.717, 1.165) is 0 Å². The fourth-order valence-electron chi connectivity index (χ4n) is 3.72. The van der Waals surface area contributed by atoms with Crippen LogP contribution in [0, 0.1) is 16.0 Å². The van der Waals surface area contributed by atoms with Crippen LogP contribution in [0.1, 0.15) is 23.2 Å². The van der Waals surface area contributed by atoms with Crippen molar-refractivity contribution in [2.45, 2.75) is 12.8 Å². The number of carbonyl (C=O) groups excluding carboxylic acids is 1. The maximum Gasteiger partial charge on any atom is 0.293 e. The molecule has 2 heterocycles. The molecule has 1 aliphatic rings. The lowest BCUT2D eigenvalue weighted by molar-refractivity contribution is -0.384. The number of fused-ring (bicyclic) bond motifs is 1. The molecule has 148 valence electrons. The van der Waals surface area contributed by atoms with E-state index < -0.39 is 10.5 Å². The average Bonchev–Trinajstić information content (AvgIpc) is 2.73. The summed E-state index contributed by atoms with van der Waals surface area (Å²) in [5, 5.41) is 12.3. The predicted molar refractivity (Wildman–Crippen MR) is 110 cm³/mol. The van der Waals surface area contributed by atoms with Gasteiger partial charge >= 0.3 is 0 Å². The molecule has 1 saturated heterocycles. The minimum atomic E-state index is -0.494. The van der Waals surface area contributed by atoms with Gasteiger partial charge < -0.3 is 9.88 Å². The topological polar surface area (TPSA) is 109 Å². The van der Waals surface area contributed by atoms with Crippen molar-refractivity contribution in [1.29, 1.82) is 0 Å². The number of H-pyrrole nitrogens is 1. The maximum atomic E-state index is 12.7. The van der Waals surface area contributed by atoms with Crippen LogP contribution in [0.5, 0.6) is 0 Å². The van der Waals surface area contributed by atoms with Gasteiger partial charge in [0.1, 0.15) is 5.69 Å². The zero-order valence-electron chi connectivity index (χ0n) is 15.3. The second-order valence-corrected chi connectivity index (χ2v) is 7.42. The number of nitrogens with zero attached hydrogens (tertiary/aromatic N) is 3. The molecular formula is C20H17ClN4O4. The van der Waals surface area contributed by atoms with Crippen molar-refractivity contribution in [3.8, 4) is 0 Å². The molecule has 0 spiro atoms. The summed E-state index contributed by atoms with van der Waals surface area (Å²) in [5.41, 5.74) is 0.870. The van der Waals surface area contributed by atoms with Crippen molar-refractivity contribution >= 4 is 39.7 Å². The van der Waals surface area contributed by atoms with Gasteiger partial charge in [0.2, 0.25) is 0 Å². The first-order valence-corrected chi connectivity index (χ1v) is 9.52. The van der Waals surface area contributed by atoms with Gasteiger partial charge in [0.25, 0.3) is 11.2 Å². The number of Topliss-reactive ketones (excluding diaryl/α,β-unsaturated/α-hetero) is 1. The van der Waals surface area contributed by atoms with E-state index in [1.54, 1.807) is 30.3 Å². The molecule has 0 amide bonds. The Kier molecular flexibility index (Phi) is 5.02. The highest BCUT2D eigenvalue weighted by atomic mass is 35.5. The molecule has 0 unspecified atom stereocenters. The van der Waals surface area contributed by atoms with Crippen molar-refractivity contribution in [2.75, 3.05) is 18.0 Å². The Balaban J connectivity index is 1.58. The van der Waals surface area contributed by atoms with E-state index in [9.17, 15) is 19.7 Å². The Morgan fingerprint density at radius 1 is 1.21 bits per heavy atom. The number of hydrogen-bond donors (Lipinski definition) is 1. The number of carbonyl (C=O) groups is 1. The van der Waals surface area contributed by atoms with Gasteiger partial charge in [0.05, 0.1) is 22.2 Å². The van der Waals surface area contributed by atoms with Crippen molar-refractivity contribution < 1.29 is 9.72 Å². The van der Waals surface area contributed by atoms with Crippen LogP contribution in [0.25, 0.3) is 10.9 Å². The minimum absolute atomic E-state index is 0.0579. The molecule has 1 N–H and O–H groups in total. The van der Waals surface area contributed by atoms with Crippen LogP contribution in [-0.2, 0) is 0 Å². The number of nitrogens with one attached hydrogen (secondary N) is 1. The zero-order chi connectivity index (χ0) is 20.5. The number of nitro benzene ring substituents is 1. The molecule has 0 aliphatic carbocycles. The van der Waals surface area contributed by atoms with Gasteiger partial charge in [-0.2, -0.15) is 0 Å². The zero-order valence-corrected chi connectivity index (χ0v) is 16.1. The largest absolute Gasteiger partial charge is 0.366 e. The monoisotopic (exact) mass is 412 g/mol. The van der Waals surface area contributed by atoms with E-state index in [0.29, 0.717) is 47.7 Å². The summed E-state index contributed by atoms with van der Waals surface area (Å²) in [6, 6.07) is 9.66. The highest BCUT2D eigenvalue weighted by molar-refractivity contribution is 6.30. The van der Waals surface area contributed by atoms with E-state index in [4.69, 9.17) is 11.6 Å². The number of piperidine rings is 1. The first kappa shape index (κ1) is 19.1. The fourth-order valence-corrected chi connectivity index (χ4v) is 3.85. The lowest BCUT2D eigenvalue weighted by Crippen LogP contribution is -2.36. The molecule has 0 radical (unpaired) electrons. The van der Waals surface area contributed by atoms with Gasteiger partial charge in [0, 0.05) is 35.7 Å². The smallest absolute Gasteiger partial charge is 0.293 e. The van der Waals surface area contributed by atoms with Crippen LogP contribution < -0.4 is 10.5 Å². The summed E-state index contributed by atoms with van der Waals surface area (Å²) >= 11 is 5.88. The van der Waals surface area contributed by atoms with E-state index in [1.807, 2.05) is 4.90 Å². The molecule has 1 fully saturated rings. The molecule has 9 heteroatoms. The number of halogens is 1. The third-order valence-corrected chi connectivity index (χ3v) is 5.52. The summed E-state index contributed by atoms with van der Waals surface area (Å²) < 4.78 is 0. The number of ketones is 1. The van der Waals surface area contributed by atoms with Crippen LogP contribution >= 0.6 is 11.6 Å². The third-order valence-electron chi connectivity index (χ3n) is 5.27. The van der Waals surface area contributed by atoms with Crippen molar-refractivity contribution in [2.24, 2.45) is 5.92 Å². The van der Waals surface area contributed by atoms with Crippen molar-refractivity contribution in [3.63, 3.8) is 0 Å². The highest BCUT2D eigenvalue weighted by Crippen LogP contribution is 2.34. The predicted octanol–water partition coefficient (Wildman–Crippen LogP) is 3.58. The number of hydrogen-bond acceptors (Lipinski definition) is 6. The number of aromatic amines is 1. The standard InChI is InChI=1S/C20H17ClN4O4/c21-14-3-1-12(2-4-14)19(26)13-5-7-24(8-6-13)17-10-16-15(9-18(17)25(28)29)20(27)23-11-22-16/h1-4,9-11,13H,5-8H2,(H,22,23,27). The van der Waals surface area contributed by atoms with Crippen molar-refractivity contribution in [3.05, 3.63) is 73.8 Å². The second kappa shape index (κ2) is 7.63. The highest BCUT2D eigenvalue weighted by Gasteiger charge is 2.29. The average molecular weight is 413 g/mol. The third kappa shape index (κ3) is 3.71. The Bertz CT molecular complexity index is 1150. The van der Waals surface area contributed by atoms with Gasteiger partial charge in [0.15, 0.2) is 5.78 Å². The molecule has 29 heavy (non-hydrogen) atoms. The Morgan fingerprint density at radius 2 is 1.90 bits per heavy atom. The van der Waals surface area contributed by atoms with Gasteiger partial charge in [-0.25, -0.2) is 4.98 Å². The molecular weight excluding hydrogens is 396 g/mol. The van der Waals surface area contributed by atoms with Crippen LogP contribution in [0.4, 0.5) is 11.4 Å². The van der Waals surface area contributed by atoms with Crippen LogP contribution in [0.2, 0.25) is 5.02 Å². The maximum absolute atomic E-state index is 12.7. The van der Waals surface area contributed by atoms with Gasteiger partial charge in [-0.3, -0.25) is 19.7 Å². The van der Waals surface area contributed by atoms with E-state index in [1.165, 1.54) is 12.4 Å². The summed E-state index contributed by atoms with van der Waals surface area (Å²) in [5.74, 6) is -0.0876. The lowest BCUT2D eigenvalue weighted by atomic mass is 9.88.